The Labute approximate surface area is 128 Å². The molecular weight excluding hydrogens is 266 g/mol. The van der Waals surface area contributed by atoms with Crippen LogP contribution in [0.25, 0.3) is 0 Å². The highest BCUT2D eigenvalue weighted by Gasteiger charge is 2.22. The van der Waals surface area contributed by atoms with Crippen molar-refractivity contribution < 1.29 is 9.59 Å². The zero-order chi connectivity index (χ0) is 15.7. The summed E-state index contributed by atoms with van der Waals surface area (Å²) in [6.07, 6.45) is 7.19. The number of rotatable bonds is 7. The zero-order valence-electron chi connectivity index (χ0n) is 13.8. The Kier molecular flexibility index (Phi) is 8.16. The van der Waals surface area contributed by atoms with E-state index in [1.165, 1.54) is 0 Å². The molecule has 0 radical (unpaired) electrons. The predicted molar refractivity (Wildman–Crippen MR) is 85.2 cm³/mol. The largest absolute Gasteiger partial charge is 0.343 e. The minimum Gasteiger partial charge on any atom is -0.343 e. The van der Waals surface area contributed by atoms with Crippen LogP contribution in [0.5, 0.6) is 0 Å². The molecule has 5 heteroatoms. The lowest BCUT2D eigenvalue weighted by Gasteiger charge is -2.32. The monoisotopic (exact) mass is 297 g/mol. The number of carbonyl (C=O) groups is 2. The van der Waals surface area contributed by atoms with Gasteiger partial charge in [0.1, 0.15) is 0 Å². The predicted octanol–water partition coefficient (Wildman–Crippen LogP) is 2.66. The maximum absolute atomic E-state index is 12.1. The maximum atomic E-state index is 12.1. The lowest BCUT2D eigenvalue weighted by molar-refractivity contribution is -0.129. The van der Waals surface area contributed by atoms with Crippen molar-refractivity contribution in [2.45, 2.75) is 77.8 Å². The molecule has 0 saturated carbocycles. The summed E-state index contributed by atoms with van der Waals surface area (Å²) in [6, 6.07) is 0.423. The van der Waals surface area contributed by atoms with Crippen LogP contribution in [0.4, 0.5) is 4.79 Å². The van der Waals surface area contributed by atoms with Gasteiger partial charge in [0.05, 0.1) is 0 Å². The Hall–Kier alpha value is -1.26. The number of hydrogen-bond donors (Lipinski definition) is 2. The lowest BCUT2D eigenvalue weighted by atomic mass is 10.0. The van der Waals surface area contributed by atoms with Gasteiger partial charge in [-0.1, -0.05) is 33.1 Å². The van der Waals surface area contributed by atoms with Crippen LogP contribution in [-0.2, 0) is 4.79 Å². The molecule has 0 aromatic heterocycles. The van der Waals surface area contributed by atoms with Crippen LogP contribution < -0.4 is 10.6 Å². The zero-order valence-corrected chi connectivity index (χ0v) is 13.8. The second-order valence-electron chi connectivity index (χ2n) is 6.03. The molecule has 1 aliphatic heterocycles. The molecule has 1 aliphatic rings. The van der Waals surface area contributed by atoms with Gasteiger partial charge in [-0.15, -0.1) is 0 Å². The van der Waals surface area contributed by atoms with Gasteiger partial charge in [-0.25, -0.2) is 4.79 Å². The highest BCUT2D eigenvalue weighted by atomic mass is 16.2. The lowest BCUT2D eigenvalue weighted by Crippen LogP contribution is -2.50. The highest BCUT2D eigenvalue weighted by molar-refractivity contribution is 5.75. The molecule has 122 valence electrons. The molecule has 1 saturated heterocycles. The van der Waals surface area contributed by atoms with E-state index in [2.05, 4.69) is 24.5 Å². The molecule has 5 nitrogen and oxygen atoms in total. The summed E-state index contributed by atoms with van der Waals surface area (Å²) >= 11 is 0. The van der Waals surface area contributed by atoms with Gasteiger partial charge in [0.25, 0.3) is 0 Å². The number of nitrogens with zero attached hydrogens (tertiary/aromatic N) is 1. The van der Waals surface area contributed by atoms with Crippen molar-refractivity contribution in [2.24, 2.45) is 0 Å². The van der Waals surface area contributed by atoms with Gasteiger partial charge in [-0.05, 0) is 25.7 Å². The summed E-state index contributed by atoms with van der Waals surface area (Å²) in [6.45, 7) is 7.41. The third-order valence-electron chi connectivity index (χ3n) is 4.15. The summed E-state index contributed by atoms with van der Waals surface area (Å²) in [5.74, 6) is 0.125. The Morgan fingerprint density at radius 1 is 1.14 bits per heavy atom. The van der Waals surface area contributed by atoms with Gasteiger partial charge in [0, 0.05) is 32.1 Å². The first-order chi connectivity index (χ1) is 10.1. The van der Waals surface area contributed by atoms with Crippen LogP contribution >= 0.6 is 0 Å². The SMILES string of the molecule is CCCCC(CCC)NC(=O)NC1CCN(C(C)=O)CC1. The fourth-order valence-electron chi connectivity index (χ4n) is 2.84. The van der Waals surface area contributed by atoms with Crippen molar-refractivity contribution >= 4 is 11.9 Å². The number of carbonyl (C=O) groups excluding carboxylic acids is 2. The van der Waals surface area contributed by atoms with Crippen LogP contribution in [-0.4, -0.2) is 42.0 Å². The number of urea groups is 1. The third-order valence-corrected chi connectivity index (χ3v) is 4.15. The van der Waals surface area contributed by atoms with Gasteiger partial charge < -0.3 is 15.5 Å². The summed E-state index contributed by atoms with van der Waals surface area (Å²) in [5.41, 5.74) is 0. The molecule has 1 fully saturated rings. The first-order valence-electron chi connectivity index (χ1n) is 8.39. The van der Waals surface area contributed by atoms with E-state index in [4.69, 9.17) is 0 Å². The smallest absolute Gasteiger partial charge is 0.315 e. The number of amides is 3. The van der Waals surface area contributed by atoms with Gasteiger partial charge in [0.15, 0.2) is 0 Å². The fourth-order valence-corrected chi connectivity index (χ4v) is 2.84. The van der Waals surface area contributed by atoms with Crippen LogP contribution in [0.2, 0.25) is 0 Å². The van der Waals surface area contributed by atoms with E-state index >= 15 is 0 Å². The van der Waals surface area contributed by atoms with Crippen molar-refractivity contribution in [1.82, 2.24) is 15.5 Å². The molecule has 0 aromatic rings. The Morgan fingerprint density at radius 2 is 1.81 bits per heavy atom. The summed E-state index contributed by atoms with van der Waals surface area (Å²) in [5, 5.41) is 6.16. The maximum Gasteiger partial charge on any atom is 0.315 e. The molecule has 2 N–H and O–H groups in total. The van der Waals surface area contributed by atoms with Crippen LogP contribution in [0.15, 0.2) is 0 Å². The molecular formula is C16H31N3O2. The van der Waals surface area contributed by atoms with Crippen molar-refractivity contribution in [1.29, 1.82) is 0 Å². The molecule has 1 atom stereocenters. The first kappa shape index (κ1) is 17.8. The van der Waals surface area contributed by atoms with Crippen molar-refractivity contribution in [3.63, 3.8) is 0 Å². The number of piperidine rings is 1. The molecule has 0 aliphatic carbocycles. The molecule has 1 rings (SSSR count). The summed E-state index contributed by atoms with van der Waals surface area (Å²) < 4.78 is 0. The Bertz CT molecular complexity index is 325. The molecule has 1 unspecified atom stereocenters. The van der Waals surface area contributed by atoms with Gasteiger partial charge >= 0.3 is 6.03 Å². The van der Waals surface area contributed by atoms with E-state index in [-0.39, 0.29) is 24.0 Å². The molecule has 1 heterocycles. The van der Waals surface area contributed by atoms with Crippen molar-refractivity contribution in [3.8, 4) is 0 Å². The quantitative estimate of drug-likeness (QED) is 0.759. The number of hydrogen-bond acceptors (Lipinski definition) is 2. The van der Waals surface area contributed by atoms with Crippen LogP contribution in [0, 0.1) is 0 Å². The van der Waals surface area contributed by atoms with Gasteiger partial charge in [-0.3, -0.25) is 4.79 Å². The van der Waals surface area contributed by atoms with Crippen molar-refractivity contribution in [2.75, 3.05) is 13.1 Å². The third kappa shape index (κ3) is 6.82. The number of likely N-dealkylation sites (tertiary alicyclic amines) is 1. The summed E-state index contributed by atoms with van der Waals surface area (Å²) in [4.78, 5) is 25.2. The molecule has 0 bridgehead atoms. The van der Waals surface area contributed by atoms with E-state index < -0.39 is 0 Å². The van der Waals surface area contributed by atoms with E-state index in [0.29, 0.717) is 0 Å². The van der Waals surface area contributed by atoms with E-state index in [1.807, 2.05) is 4.90 Å². The van der Waals surface area contributed by atoms with E-state index in [9.17, 15) is 9.59 Å². The topological polar surface area (TPSA) is 61.4 Å². The van der Waals surface area contributed by atoms with E-state index in [0.717, 1.165) is 58.0 Å². The molecule has 0 spiro atoms. The average molecular weight is 297 g/mol. The second kappa shape index (κ2) is 9.64. The molecule has 21 heavy (non-hydrogen) atoms. The minimum atomic E-state index is -0.0502. The van der Waals surface area contributed by atoms with E-state index in [1.54, 1.807) is 6.92 Å². The van der Waals surface area contributed by atoms with Crippen molar-refractivity contribution in [3.05, 3.63) is 0 Å². The molecule has 3 amide bonds. The van der Waals surface area contributed by atoms with Crippen LogP contribution in [0.3, 0.4) is 0 Å². The highest BCUT2D eigenvalue weighted by Crippen LogP contribution is 2.11. The number of unbranched alkanes of at least 4 members (excludes halogenated alkanes) is 1. The Balaban J connectivity index is 2.30. The standard InChI is InChI=1S/C16H31N3O2/c1-4-6-8-14(7-5-2)17-16(21)18-15-9-11-19(12-10-15)13(3)20/h14-15H,4-12H2,1-3H3,(H2,17,18,21). The normalized spacial score (nSPS) is 17.4. The first-order valence-corrected chi connectivity index (χ1v) is 8.39. The average Bonchev–Trinajstić information content (AvgIpc) is 2.45. The molecule has 0 aromatic carbocycles. The second-order valence-corrected chi connectivity index (χ2v) is 6.03. The van der Waals surface area contributed by atoms with Gasteiger partial charge in [0.2, 0.25) is 5.91 Å². The summed E-state index contributed by atoms with van der Waals surface area (Å²) in [7, 11) is 0. The van der Waals surface area contributed by atoms with Crippen LogP contribution in [0.1, 0.15) is 65.7 Å². The fraction of sp³-hybridized carbons (Fsp3) is 0.875. The van der Waals surface area contributed by atoms with Gasteiger partial charge in [-0.2, -0.15) is 0 Å². The minimum absolute atomic E-state index is 0.0502. The number of nitrogens with one attached hydrogen (secondary N) is 2. The Morgan fingerprint density at radius 3 is 2.33 bits per heavy atom.